The largest absolute Gasteiger partial charge is 0.354 e. The molecule has 0 aliphatic carbocycles. The molecule has 5 nitrogen and oxygen atoms in total. The topological polar surface area (TPSA) is 70.2 Å². The summed E-state index contributed by atoms with van der Waals surface area (Å²) in [6.45, 7) is 11.0. The van der Waals surface area contributed by atoms with Crippen molar-refractivity contribution in [2.45, 2.75) is 38.2 Å². The van der Waals surface area contributed by atoms with E-state index in [1.54, 1.807) is 23.5 Å². The lowest BCUT2D eigenvalue weighted by Crippen LogP contribution is -2.37. The summed E-state index contributed by atoms with van der Waals surface area (Å²) >= 11 is 3.28. The van der Waals surface area contributed by atoms with E-state index in [1.807, 2.05) is 0 Å². The Kier molecular flexibility index (Phi) is 13.0. The molecule has 0 rings (SSSR count). The van der Waals surface area contributed by atoms with Gasteiger partial charge in [0.2, 0.25) is 11.8 Å². The van der Waals surface area contributed by atoms with Gasteiger partial charge in [0.05, 0.1) is 11.5 Å². The molecule has 0 heterocycles. The minimum atomic E-state index is 0.0783. The van der Waals surface area contributed by atoms with Crippen molar-refractivity contribution in [2.75, 3.05) is 37.7 Å². The molecule has 0 saturated carbocycles. The molecule has 0 aliphatic rings. The van der Waals surface area contributed by atoms with Crippen molar-refractivity contribution in [2.24, 2.45) is 0 Å². The molecule has 0 aromatic heterocycles. The van der Waals surface area contributed by atoms with Crippen LogP contribution >= 0.6 is 23.5 Å². The van der Waals surface area contributed by atoms with Crippen LogP contribution in [-0.4, -0.2) is 60.0 Å². The van der Waals surface area contributed by atoms with E-state index in [4.69, 9.17) is 0 Å². The molecule has 0 aliphatic heterocycles. The highest BCUT2D eigenvalue weighted by Gasteiger charge is 2.03. The van der Waals surface area contributed by atoms with Gasteiger partial charge in [-0.15, -0.1) is 23.5 Å². The molecule has 124 valence electrons. The molecule has 0 aromatic carbocycles. The summed E-state index contributed by atoms with van der Waals surface area (Å²) in [6.07, 6.45) is 0. The van der Waals surface area contributed by atoms with Crippen LogP contribution in [0, 0.1) is 0 Å². The van der Waals surface area contributed by atoms with E-state index in [0.717, 1.165) is 0 Å². The molecular formula is C14H29N3O2S2. The van der Waals surface area contributed by atoms with E-state index < -0.39 is 0 Å². The first-order valence-corrected chi connectivity index (χ1v) is 9.49. The van der Waals surface area contributed by atoms with E-state index in [2.05, 4.69) is 43.6 Å². The maximum absolute atomic E-state index is 11.4. The lowest BCUT2D eigenvalue weighted by molar-refractivity contribution is -0.119. The van der Waals surface area contributed by atoms with E-state index in [1.165, 1.54) is 0 Å². The maximum atomic E-state index is 11.4. The Morgan fingerprint density at radius 1 is 0.762 bits per heavy atom. The van der Waals surface area contributed by atoms with Crippen molar-refractivity contribution in [1.29, 1.82) is 0 Å². The predicted octanol–water partition coefficient (Wildman–Crippen LogP) is 1.09. The van der Waals surface area contributed by atoms with Gasteiger partial charge in [-0.25, -0.2) is 0 Å². The minimum Gasteiger partial charge on any atom is -0.354 e. The van der Waals surface area contributed by atoms with Crippen LogP contribution in [-0.2, 0) is 9.59 Å². The summed E-state index contributed by atoms with van der Waals surface area (Å²) in [4.78, 5) is 22.9. The van der Waals surface area contributed by atoms with Crippen molar-refractivity contribution in [3.05, 3.63) is 0 Å². The van der Waals surface area contributed by atoms with Gasteiger partial charge in [-0.3, -0.25) is 9.59 Å². The third-order valence-corrected chi connectivity index (χ3v) is 4.53. The summed E-state index contributed by atoms with van der Waals surface area (Å²) in [6, 6.07) is 0. The lowest BCUT2D eigenvalue weighted by Gasteiger charge is -2.09. The number of rotatable bonds is 12. The molecule has 21 heavy (non-hydrogen) atoms. The number of nitrogens with one attached hydrogen (secondary N) is 3. The first-order chi connectivity index (χ1) is 9.91. The van der Waals surface area contributed by atoms with Crippen molar-refractivity contribution in [1.82, 2.24) is 16.0 Å². The fourth-order valence-electron chi connectivity index (χ4n) is 1.29. The van der Waals surface area contributed by atoms with E-state index in [0.29, 0.717) is 48.2 Å². The molecule has 0 spiro atoms. The molecule has 7 heteroatoms. The zero-order valence-corrected chi connectivity index (χ0v) is 15.2. The molecule has 0 bridgehead atoms. The molecule has 0 fully saturated rings. The predicted molar refractivity (Wildman–Crippen MR) is 94.1 cm³/mol. The zero-order valence-electron chi connectivity index (χ0n) is 13.5. The Morgan fingerprint density at radius 3 is 1.48 bits per heavy atom. The van der Waals surface area contributed by atoms with Crippen molar-refractivity contribution in [3.8, 4) is 0 Å². The molecule has 2 amide bonds. The zero-order chi connectivity index (χ0) is 16.1. The maximum Gasteiger partial charge on any atom is 0.230 e. The number of amides is 2. The van der Waals surface area contributed by atoms with Crippen LogP contribution in [0.2, 0.25) is 0 Å². The SMILES string of the molecule is CC(C)SCC(=O)NCCNCCNC(=O)CSC(C)C. The fraction of sp³-hybridized carbons (Fsp3) is 0.857. The monoisotopic (exact) mass is 335 g/mol. The first kappa shape index (κ1) is 20.6. The second-order valence-corrected chi connectivity index (χ2v) is 8.30. The van der Waals surface area contributed by atoms with E-state index in [9.17, 15) is 9.59 Å². The lowest BCUT2D eigenvalue weighted by atomic mass is 10.5. The molecule has 3 N–H and O–H groups in total. The van der Waals surface area contributed by atoms with Crippen LogP contribution in [0.25, 0.3) is 0 Å². The number of hydrogen-bond acceptors (Lipinski definition) is 5. The highest BCUT2D eigenvalue weighted by Crippen LogP contribution is 2.07. The third-order valence-electron chi connectivity index (χ3n) is 2.34. The van der Waals surface area contributed by atoms with Crippen molar-refractivity contribution in [3.63, 3.8) is 0 Å². The summed E-state index contributed by atoms with van der Waals surface area (Å²) in [5.41, 5.74) is 0. The van der Waals surface area contributed by atoms with Crippen LogP contribution in [0.5, 0.6) is 0 Å². The van der Waals surface area contributed by atoms with Gasteiger partial charge in [-0.05, 0) is 10.5 Å². The van der Waals surface area contributed by atoms with Crippen molar-refractivity contribution >= 4 is 35.3 Å². The Bertz CT molecular complexity index is 272. The van der Waals surface area contributed by atoms with Gasteiger partial charge in [-0.1, -0.05) is 27.7 Å². The highest BCUT2D eigenvalue weighted by atomic mass is 32.2. The Morgan fingerprint density at radius 2 is 1.14 bits per heavy atom. The van der Waals surface area contributed by atoms with Gasteiger partial charge < -0.3 is 16.0 Å². The third kappa shape index (κ3) is 15.8. The average molecular weight is 336 g/mol. The van der Waals surface area contributed by atoms with E-state index in [-0.39, 0.29) is 11.8 Å². The Hall–Kier alpha value is -0.400. The normalized spacial score (nSPS) is 11.0. The minimum absolute atomic E-state index is 0.0783. The second-order valence-electron chi connectivity index (χ2n) is 5.17. The highest BCUT2D eigenvalue weighted by molar-refractivity contribution is 8.00. The second kappa shape index (κ2) is 13.3. The van der Waals surface area contributed by atoms with Crippen LogP contribution in [0.15, 0.2) is 0 Å². The van der Waals surface area contributed by atoms with Gasteiger partial charge in [0.25, 0.3) is 0 Å². The Balaban J connectivity index is 3.32. The summed E-state index contributed by atoms with van der Waals surface area (Å²) in [7, 11) is 0. The quantitative estimate of drug-likeness (QED) is 0.466. The summed E-state index contributed by atoms with van der Waals surface area (Å²) in [5, 5.41) is 9.85. The van der Waals surface area contributed by atoms with Crippen LogP contribution in [0.1, 0.15) is 27.7 Å². The number of hydrogen-bond donors (Lipinski definition) is 3. The molecule has 0 aromatic rings. The summed E-state index contributed by atoms with van der Waals surface area (Å²) < 4.78 is 0. The van der Waals surface area contributed by atoms with Crippen LogP contribution in [0.3, 0.4) is 0 Å². The molecule has 0 saturated heterocycles. The fourth-order valence-corrected chi connectivity index (χ4v) is 2.47. The molecular weight excluding hydrogens is 306 g/mol. The number of thioether (sulfide) groups is 2. The number of carbonyl (C=O) groups excluding carboxylic acids is 2. The Labute approximate surface area is 137 Å². The molecule has 0 radical (unpaired) electrons. The van der Waals surface area contributed by atoms with E-state index >= 15 is 0 Å². The van der Waals surface area contributed by atoms with Gasteiger partial charge in [0, 0.05) is 26.2 Å². The van der Waals surface area contributed by atoms with Crippen LogP contribution in [0.4, 0.5) is 0 Å². The smallest absolute Gasteiger partial charge is 0.230 e. The van der Waals surface area contributed by atoms with Gasteiger partial charge in [-0.2, -0.15) is 0 Å². The number of carbonyl (C=O) groups is 2. The van der Waals surface area contributed by atoms with Gasteiger partial charge in [0.15, 0.2) is 0 Å². The standard InChI is InChI=1S/C14H29N3O2S2/c1-11(2)20-9-13(18)16-7-5-15-6-8-17-14(19)10-21-12(3)4/h11-12,15H,5-10H2,1-4H3,(H,16,18)(H,17,19). The van der Waals surface area contributed by atoms with Crippen LogP contribution < -0.4 is 16.0 Å². The van der Waals surface area contributed by atoms with Gasteiger partial charge in [0.1, 0.15) is 0 Å². The van der Waals surface area contributed by atoms with Gasteiger partial charge >= 0.3 is 0 Å². The van der Waals surface area contributed by atoms with Crippen molar-refractivity contribution < 1.29 is 9.59 Å². The average Bonchev–Trinajstić information content (AvgIpc) is 2.41. The molecule has 0 unspecified atom stereocenters. The molecule has 0 atom stereocenters. The first-order valence-electron chi connectivity index (χ1n) is 7.39. The summed E-state index contributed by atoms with van der Waals surface area (Å²) in [5.74, 6) is 1.19.